The van der Waals surface area contributed by atoms with Gasteiger partial charge in [0, 0.05) is 30.6 Å². The van der Waals surface area contributed by atoms with Crippen LogP contribution in [0.5, 0.6) is 17.2 Å². The molecule has 0 aliphatic rings. The maximum atomic E-state index is 12.7. The van der Waals surface area contributed by atoms with Crippen LogP contribution >= 0.6 is 0 Å². The number of nitrogens with one attached hydrogen (secondary N) is 1. The summed E-state index contributed by atoms with van der Waals surface area (Å²) in [5.41, 5.74) is 0.288. The Labute approximate surface area is 156 Å². The molecule has 2 N–H and O–H groups in total. The number of ether oxygens (including phenoxy) is 3. The molecule has 6 heteroatoms. The largest absolute Gasteiger partial charge is 0.496 e. The smallest absolute Gasteiger partial charge is 0.170 e. The highest BCUT2D eigenvalue weighted by Gasteiger charge is 2.22. The Morgan fingerprint density at radius 2 is 1.77 bits per heavy atom. The zero-order valence-electron chi connectivity index (χ0n) is 17.0. The van der Waals surface area contributed by atoms with Crippen LogP contribution < -0.4 is 19.5 Å². The van der Waals surface area contributed by atoms with Crippen LogP contribution in [0.2, 0.25) is 0 Å². The van der Waals surface area contributed by atoms with Gasteiger partial charge in [-0.3, -0.25) is 4.79 Å². The molecular formula is C20H33NO5. The van der Waals surface area contributed by atoms with Crippen molar-refractivity contribution >= 4 is 5.78 Å². The standard InChI is InChI=1S/C20H33NO5/c1-13(2)8-16(23)19-17(25-7)9-15(24-6)10-18(19)26-12-14(22)11-21-20(3,4)5/h9-10,13-14,21-22H,8,11-12H2,1-7H3/t14-/m1/s1. The van der Waals surface area contributed by atoms with E-state index >= 15 is 0 Å². The maximum Gasteiger partial charge on any atom is 0.170 e. The summed E-state index contributed by atoms with van der Waals surface area (Å²) in [6.45, 7) is 10.5. The number of hydrogen-bond acceptors (Lipinski definition) is 6. The van der Waals surface area contributed by atoms with Crippen LogP contribution in [0.1, 0.15) is 51.4 Å². The number of carbonyl (C=O) groups is 1. The first-order chi connectivity index (χ1) is 12.1. The molecule has 0 saturated carbocycles. The van der Waals surface area contributed by atoms with Crippen molar-refractivity contribution in [2.45, 2.75) is 52.7 Å². The number of rotatable bonds is 10. The van der Waals surface area contributed by atoms with Gasteiger partial charge < -0.3 is 24.6 Å². The molecule has 1 aromatic carbocycles. The predicted molar refractivity (Wildman–Crippen MR) is 103 cm³/mol. The van der Waals surface area contributed by atoms with Crippen molar-refractivity contribution < 1.29 is 24.1 Å². The first kappa shape index (κ1) is 22.3. The van der Waals surface area contributed by atoms with E-state index in [1.807, 2.05) is 34.6 Å². The van der Waals surface area contributed by atoms with E-state index in [0.29, 0.717) is 35.8 Å². The molecule has 0 aromatic heterocycles. The lowest BCUT2D eigenvalue weighted by Gasteiger charge is -2.23. The number of hydrogen-bond donors (Lipinski definition) is 2. The number of benzene rings is 1. The van der Waals surface area contributed by atoms with E-state index in [-0.39, 0.29) is 23.8 Å². The van der Waals surface area contributed by atoms with Crippen LogP contribution in [0.15, 0.2) is 12.1 Å². The Bertz CT molecular complexity index is 593. The number of aliphatic hydroxyl groups excluding tert-OH is 1. The molecule has 1 aromatic rings. The van der Waals surface area contributed by atoms with Crippen molar-refractivity contribution in [3.05, 3.63) is 17.7 Å². The average molecular weight is 367 g/mol. The molecule has 26 heavy (non-hydrogen) atoms. The SMILES string of the molecule is COc1cc(OC)c(C(=O)CC(C)C)c(OC[C@H](O)CNC(C)(C)C)c1. The molecule has 0 radical (unpaired) electrons. The van der Waals surface area contributed by atoms with Gasteiger partial charge in [0.2, 0.25) is 0 Å². The van der Waals surface area contributed by atoms with Crippen LogP contribution in [-0.4, -0.2) is 49.9 Å². The molecule has 0 bridgehead atoms. The Kier molecular flexibility index (Phi) is 8.37. The van der Waals surface area contributed by atoms with Crippen molar-refractivity contribution in [1.29, 1.82) is 0 Å². The van der Waals surface area contributed by atoms with Crippen LogP contribution in [0.4, 0.5) is 0 Å². The van der Waals surface area contributed by atoms with Crippen molar-refractivity contribution in [2.24, 2.45) is 5.92 Å². The van der Waals surface area contributed by atoms with E-state index in [2.05, 4.69) is 5.32 Å². The highest BCUT2D eigenvalue weighted by molar-refractivity contribution is 6.01. The summed E-state index contributed by atoms with van der Waals surface area (Å²) in [7, 11) is 3.04. The summed E-state index contributed by atoms with van der Waals surface area (Å²) in [6.07, 6.45) is -0.327. The zero-order chi connectivity index (χ0) is 19.9. The molecule has 0 amide bonds. The quantitative estimate of drug-likeness (QED) is 0.619. The predicted octanol–water partition coefficient (Wildman–Crippen LogP) is 3.06. The third-order valence-electron chi connectivity index (χ3n) is 3.67. The van der Waals surface area contributed by atoms with Gasteiger partial charge in [-0.05, 0) is 26.7 Å². The first-order valence-electron chi connectivity index (χ1n) is 8.92. The second-order valence-corrected chi connectivity index (χ2v) is 7.82. The Morgan fingerprint density at radius 3 is 2.27 bits per heavy atom. The lowest BCUT2D eigenvalue weighted by molar-refractivity contribution is 0.0918. The first-order valence-corrected chi connectivity index (χ1v) is 8.92. The van der Waals surface area contributed by atoms with Gasteiger partial charge in [0.1, 0.15) is 35.5 Å². The Balaban J connectivity index is 3.01. The van der Waals surface area contributed by atoms with Gasteiger partial charge >= 0.3 is 0 Å². The van der Waals surface area contributed by atoms with Gasteiger partial charge in [0.25, 0.3) is 0 Å². The highest BCUT2D eigenvalue weighted by Crippen LogP contribution is 2.35. The molecular weight excluding hydrogens is 334 g/mol. The second kappa shape index (κ2) is 9.78. The van der Waals surface area contributed by atoms with E-state index in [1.54, 1.807) is 12.1 Å². The normalized spacial score (nSPS) is 12.8. The third-order valence-corrected chi connectivity index (χ3v) is 3.67. The molecule has 0 unspecified atom stereocenters. The average Bonchev–Trinajstić information content (AvgIpc) is 2.55. The number of Topliss-reactive ketones (excluding diaryl/α,β-unsaturated/α-hetero) is 1. The number of carbonyl (C=O) groups excluding carboxylic acids is 1. The van der Waals surface area contributed by atoms with Crippen LogP contribution in [0.25, 0.3) is 0 Å². The summed E-state index contributed by atoms with van der Waals surface area (Å²) in [5, 5.41) is 13.4. The fraction of sp³-hybridized carbons (Fsp3) is 0.650. The highest BCUT2D eigenvalue weighted by atomic mass is 16.5. The van der Waals surface area contributed by atoms with Crippen LogP contribution in [0.3, 0.4) is 0 Å². The number of ketones is 1. The zero-order valence-corrected chi connectivity index (χ0v) is 17.0. The summed E-state index contributed by atoms with van der Waals surface area (Å²) < 4.78 is 16.4. The monoisotopic (exact) mass is 367 g/mol. The Morgan fingerprint density at radius 1 is 1.15 bits per heavy atom. The lowest BCUT2D eigenvalue weighted by Crippen LogP contribution is -2.42. The molecule has 0 heterocycles. The van der Waals surface area contributed by atoms with Crippen molar-refractivity contribution in [3.8, 4) is 17.2 Å². The fourth-order valence-electron chi connectivity index (χ4n) is 2.38. The van der Waals surface area contributed by atoms with Gasteiger partial charge in [0.05, 0.1) is 14.2 Å². The van der Waals surface area contributed by atoms with Crippen LogP contribution in [0, 0.1) is 5.92 Å². The van der Waals surface area contributed by atoms with E-state index in [0.717, 1.165) is 0 Å². The summed E-state index contributed by atoms with van der Waals surface area (Å²) in [4.78, 5) is 12.7. The Hall–Kier alpha value is -1.79. The van der Waals surface area contributed by atoms with E-state index in [4.69, 9.17) is 14.2 Å². The molecule has 0 saturated heterocycles. The molecule has 0 aliphatic carbocycles. The minimum atomic E-state index is -0.709. The summed E-state index contributed by atoms with van der Waals surface area (Å²) >= 11 is 0. The van der Waals surface area contributed by atoms with Gasteiger partial charge in [-0.1, -0.05) is 13.8 Å². The van der Waals surface area contributed by atoms with Crippen LogP contribution in [-0.2, 0) is 0 Å². The number of β-amino-alcohol motifs (C(OH)–C–C–N with tert-alkyl or cyclic N) is 1. The molecule has 0 fully saturated rings. The van der Waals surface area contributed by atoms with E-state index in [9.17, 15) is 9.90 Å². The van der Waals surface area contributed by atoms with Crippen molar-refractivity contribution in [2.75, 3.05) is 27.4 Å². The minimum Gasteiger partial charge on any atom is -0.496 e. The molecule has 148 valence electrons. The number of methoxy groups -OCH3 is 2. The lowest BCUT2D eigenvalue weighted by atomic mass is 9.99. The second-order valence-electron chi connectivity index (χ2n) is 7.82. The molecule has 6 nitrogen and oxygen atoms in total. The molecule has 0 aliphatic heterocycles. The topological polar surface area (TPSA) is 77.0 Å². The van der Waals surface area contributed by atoms with Crippen molar-refractivity contribution in [3.63, 3.8) is 0 Å². The van der Waals surface area contributed by atoms with Gasteiger partial charge in [0.15, 0.2) is 5.78 Å². The third kappa shape index (κ3) is 7.22. The van der Waals surface area contributed by atoms with Gasteiger partial charge in [-0.2, -0.15) is 0 Å². The van der Waals surface area contributed by atoms with E-state index < -0.39 is 6.10 Å². The van der Waals surface area contributed by atoms with Gasteiger partial charge in [-0.25, -0.2) is 0 Å². The van der Waals surface area contributed by atoms with Gasteiger partial charge in [-0.15, -0.1) is 0 Å². The fourth-order valence-corrected chi connectivity index (χ4v) is 2.38. The maximum absolute atomic E-state index is 12.7. The molecule has 1 rings (SSSR count). The van der Waals surface area contributed by atoms with E-state index in [1.165, 1.54) is 14.2 Å². The number of aliphatic hydroxyl groups is 1. The minimum absolute atomic E-state index is 0.0569. The molecule has 0 spiro atoms. The summed E-state index contributed by atoms with van der Waals surface area (Å²) in [6, 6.07) is 3.32. The van der Waals surface area contributed by atoms with Crippen molar-refractivity contribution in [1.82, 2.24) is 5.32 Å². The molecule has 1 atom stereocenters. The summed E-state index contributed by atoms with van der Waals surface area (Å²) in [5.74, 6) is 1.45.